The number of ether oxygens (including phenoxy) is 1. The van der Waals surface area contributed by atoms with Gasteiger partial charge in [-0.2, -0.15) is 0 Å². The van der Waals surface area contributed by atoms with Crippen molar-refractivity contribution in [2.24, 2.45) is 5.92 Å². The molecule has 1 aliphatic heterocycles. The Balaban J connectivity index is 1.68. The number of hydrogen-bond donors (Lipinski definition) is 4. The first-order valence-electron chi connectivity index (χ1n) is 11.1. The third kappa shape index (κ3) is 10.5. The number of piperidine rings is 1. The van der Waals surface area contributed by atoms with E-state index in [1.54, 1.807) is 0 Å². The monoisotopic (exact) mass is 476 g/mol. The van der Waals surface area contributed by atoms with Crippen LogP contribution in [-0.4, -0.2) is 49.4 Å². The van der Waals surface area contributed by atoms with E-state index in [2.05, 4.69) is 10.0 Å². The lowest BCUT2D eigenvalue weighted by atomic mass is 9.93. The second kappa shape index (κ2) is 12.9. The van der Waals surface area contributed by atoms with Crippen molar-refractivity contribution in [1.82, 2.24) is 10.0 Å². The number of nitrogens with one attached hydrogen (secondary N) is 2. The molecule has 1 unspecified atom stereocenters. The zero-order chi connectivity index (χ0) is 22.7. The van der Waals surface area contributed by atoms with Crippen molar-refractivity contribution in [3.05, 3.63) is 29.8 Å². The van der Waals surface area contributed by atoms with Crippen molar-refractivity contribution < 1.29 is 27.5 Å². The molecule has 2 rings (SSSR count). The lowest BCUT2D eigenvalue weighted by molar-refractivity contribution is 0.285. The normalized spacial score (nSPS) is 16.9. The van der Waals surface area contributed by atoms with E-state index in [4.69, 9.17) is 14.5 Å². The van der Waals surface area contributed by atoms with Crippen LogP contribution in [-0.2, 0) is 21.0 Å². The van der Waals surface area contributed by atoms with Gasteiger partial charge < -0.3 is 19.8 Å². The molecule has 0 spiro atoms. The van der Waals surface area contributed by atoms with E-state index < -0.39 is 23.4 Å². The first-order chi connectivity index (χ1) is 14.7. The zero-order valence-corrected chi connectivity index (χ0v) is 20.0. The largest absolute Gasteiger partial charge is 0.493 e. The second-order valence-corrected chi connectivity index (χ2v) is 12.1. The lowest BCUT2D eigenvalue weighted by Crippen LogP contribution is -2.34. The number of benzene rings is 1. The third-order valence-corrected chi connectivity index (χ3v) is 8.51. The van der Waals surface area contributed by atoms with Crippen LogP contribution in [0.2, 0.25) is 0 Å². The van der Waals surface area contributed by atoms with E-state index in [-0.39, 0.29) is 5.75 Å². The van der Waals surface area contributed by atoms with Crippen molar-refractivity contribution in [3.8, 4) is 5.75 Å². The van der Waals surface area contributed by atoms with E-state index in [0.29, 0.717) is 25.9 Å². The molecule has 0 radical (unpaired) electrons. The molecule has 1 fully saturated rings. The molecule has 8 nitrogen and oxygen atoms in total. The number of aryl methyl sites for hydroxylation is 1. The fourth-order valence-electron chi connectivity index (χ4n) is 3.73. The van der Waals surface area contributed by atoms with E-state index in [0.717, 1.165) is 43.7 Å². The smallest absolute Gasteiger partial charge is 0.343 e. The lowest BCUT2D eigenvalue weighted by Gasteiger charge is -2.22. The fraction of sp³-hybridized carbons (Fsp3) is 0.714. The summed E-state index contributed by atoms with van der Waals surface area (Å²) in [6.07, 6.45) is 7.73. The SMILES string of the molecule is CC(NS(=O)(=O)CCCCc1ccccc1OCCCCC1CCNCC1)P(=O)(O)O. The predicted molar refractivity (Wildman–Crippen MR) is 123 cm³/mol. The van der Waals surface area contributed by atoms with Crippen molar-refractivity contribution in [2.75, 3.05) is 25.4 Å². The Morgan fingerprint density at radius 1 is 1.16 bits per heavy atom. The van der Waals surface area contributed by atoms with Gasteiger partial charge in [-0.1, -0.05) is 24.6 Å². The van der Waals surface area contributed by atoms with Crippen molar-refractivity contribution in [2.45, 2.75) is 64.1 Å². The van der Waals surface area contributed by atoms with E-state index in [1.165, 1.54) is 25.7 Å². The summed E-state index contributed by atoms with van der Waals surface area (Å²) < 4.78 is 43.2. The van der Waals surface area contributed by atoms with Gasteiger partial charge in [-0.15, -0.1) is 0 Å². The molecule has 1 aromatic carbocycles. The van der Waals surface area contributed by atoms with Crippen LogP contribution in [0, 0.1) is 5.92 Å². The van der Waals surface area contributed by atoms with Gasteiger partial charge in [0.05, 0.1) is 12.4 Å². The minimum absolute atomic E-state index is 0.170. The Labute approximate surface area is 186 Å². The summed E-state index contributed by atoms with van der Waals surface area (Å²) >= 11 is 0. The fourth-order valence-corrected chi connectivity index (χ4v) is 5.99. The minimum Gasteiger partial charge on any atom is -0.493 e. The number of sulfonamides is 1. The molecule has 10 heteroatoms. The molecule has 0 saturated carbocycles. The summed E-state index contributed by atoms with van der Waals surface area (Å²) in [6, 6.07) is 7.82. The Hall–Kier alpha value is -0.960. The maximum Gasteiger partial charge on any atom is 0.343 e. The molecule has 1 aromatic rings. The molecular weight excluding hydrogens is 439 g/mol. The van der Waals surface area contributed by atoms with Crippen LogP contribution in [0.15, 0.2) is 24.3 Å². The van der Waals surface area contributed by atoms with Gasteiger partial charge >= 0.3 is 7.60 Å². The van der Waals surface area contributed by atoms with Crippen LogP contribution in [0.25, 0.3) is 0 Å². The highest BCUT2D eigenvalue weighted by atomic mass is 32.2. The second-order valence-electron chi connectivity index (χ2n) is 8.30. The van der Waals surface area contributed by atoms with Gasteiger partial charge in [-0.25, -0.2) is 13.1 Å². The first kappa shape index (κ1) is 26.3. The van der Waals surface area contributed by atoms with Crippen LogP contribution in [0.4, 0.5) is 0 Å². The summed E-state index contributed by atoms with van der Waals surface area (Å²) in [5, 5.41) is 3.39. The van der Waals surface area contributed by atoms with Crippen LogP contribution >= 0.6 is 7.60 Å². The Morgan fingerprint density at radius 2 is 1.87 bits per heavy atom. The highest BCUT2D eigenvalue weighted by Crippen LogP contribution is 2.39. The first-order valence-corrected chi connectivity index (χ1v) is 14.5. The van der Waals surface area contributed by atoms with E-state index >= 15 is 0 Å². The molecule has 0 aliphatic carbocycles. The molecule has 0 bridgehead atoms. The topological polar surface area (TPSA) is 125 Å². The van der Waals surface area contributed by atoms with Crippen LogP contribution < -0.4 is 14.8 Å². The van der Waals surface area contributed by atoms with Crippen LogP contribution in [0.5, 0.6) is 5.75 Å². The maximum atomic E-state index is 12.0. The zero-order valence-electron chi connectivity index (χ0n) is 18.3. The standard InChI is InChI=1S/C21H37N2O6PS/c1-18(30(24,25)26)23-31(27,28)17-7-5-10-20-9-2-3-11-21(20)29-16-6-4-8-19-12-14-22-15-13-19/h2-3,9,11,18-19,22-23H,4-8,10,12-17H2,1H3,(H2,24,25,26). The van der Waals surface area contributed by atoms with Gasteiger partial charge in [-0.3, -0.25) is 4.57 Å². The third-order valence-electron chi connectivity index (χ3n) is 5.66. The predicted octanol–water partition coefficient (Wildman–Crippen LogP) is 3.00. The minimum atomic E-state index is -4.48. The number of para-hydroxylation sites is 1. The van der Waals surface area contributed by atoms with Crippen molar-refractivity contribution in [1.29, 1.82) is 0 Å². The number of rotatable bonds is 14. The van der Waals surface area contributed by atoms with Gasteiger partial charge in [0.15, 0.2) is 0 Å². The molecule has 178 valence electrons. The number of unbranched alkanes of at least 4 members (excludes halogenated alkanes) is 2. The quantitative estimate of drug-likeness (QED) is 0.240. The summed E-state index contributed by atoms with van der Waals surface area (Å²) in [4.78, 5) is 18.1. The van der Waals surface area contributed by atoms with Gasteiger partial charge in [0.1, 0.15) is 11.5 Å². The van der Waals surface area contributed by atoms with E-state index in [1.807, 2.05) is 24.3 Å². The molecule has 1 atom stereocenters. The van der Waals surface area contributed by atoms with Gasteiger partial charge in [0, 0.05) is 0 Å². The Bertz CT molecular complexity index is 808. The Kier molecular flexibility index (Phi) is 11.0. The van der Waals surface area contributed by atoms with E-state index in [9.17, 15) is 13.0 Å². The molecule has 1 aliphatic rings. The average molecular weight is 477 g/mol. The molecule has 0 aromatic heterocycles. The summed E-state index contributed by atoms with van der Waals surface area (Å²) in [7, 11) is -8.22. The maximum absolute atomic E-state index is 12.0. The molecule has 1 heterocycles. The van der Waals surface area contributed by atoms with Crippen LogP contribution in [0.1, 0.15) is 57.4 Å². The summed E-state index contributed by atoms with van der Waals surface area (Å²) in [6.45, 7) is 4.11. The number of hydrogen-bond acceptors (Lipinski definition) is 5. The van der Waals surface area contributed by atoms with Crippen molar-refractivity contribution in [3.63, 3.8) is 0 Å². The van der Waals surface area contributed by atoms with Gasteiger partial charge in [0.25, 0.3) is 0 Å². The van der Waals surface area contributed by atoms with Gasteiger partial charge in [0.2, 0.25) is 10.0 Å². The highest BCUT2D eigenvalue weighted by molar-refractivity contribution is 7.89. The molecular formula is C21H37N2O6PS. The van der Waals surface area contributed by atoms with Crippen LogP contribution in [0.3, 0.4) is 0 Å². The summed E-state index contributed by atoms with van der Waals surface area (Å²) in [5.41, 5.74) is 1.05. The molecule has 1 saturated heterocycles. The summed E-state index contributed by atoms with van der Waals surface area (Å²) in [5.74, 6) is 0.0997. The highest BCUT2D eigenvalue weighted by Gasteiger charge is 2.28. The van der Waals surface area contributed by atoms with Gasteiger partial charge in [-0.05, 0) is 82.5 Å². The molecule has 4 N–H and O–H groups in total. The molecule has 31 heavy (non-hydrogen) atoms. The molecule has 0 amide bonds. The average Bonchev–Trinajstić information content (AvgIpc) is 2.71. The van der Waals surface area contributed by atoms with Crippen molar-refractivity contribution >= 4 is 17.6 Å². The Morgan fingerprint density at radius 3 is 2.58 bits per heavy atom.